The van der Waals surface area contributed by atoms with Crippen LogP contribution >= 0.6 is 0 Å². The molecule has 35 heavy (non-hydrogen) atoms. The second-order valence-corrected chi connectivity index (χ2v) is 10.2. The van der Waals surface area contributed by atoms with Gasteiger partial charge < -0.3 is 4.74 Å². The molecule has 184 valence electrons. The van der Waals surface area contributed by atoms with Crippen LogP contribution in [0.4, 0.5) is 13.2 Å². The van der Waals surface area contributed by atoms with Crippen LogP contribution in [0.5, 0.6) is 11.5 Å². The summed E-state index contributed by atoms with van der Waals surface area (Å²) in [5.74, 6) is -1.67. The smallest absolute Gasteiger partial charge is 0.202 e. The normalized spacial score (nSPS) is 19.1. The fourth-order valence-electron chi connectivity index (χ4n) is 5.91. The zero-order valence-corrected chi connectivity index (χ0v) is 20.6. The van der Waals surface area contributed by atoms with Crippen molar-refractivity contribution in [3.63, 3.8) is 0 Å². The van der Waals surface area contributed by atoms with Crippen LogP contribution in [-0.2, 0) is 12.8 Å². The topological polar surface area (TPSA) is 9.23 Å². The fourth-order valence-corrected chi connectivity index (χ4v) is 5.91. The molecule has 0 radical (unpaired) electrons. The van der Waals surface area contributed by atoms with E-state index in [1.165, 1.54) is 12.8 Å². The third kappa shape index (κ3) is 4.60. The lowest BCUT2D eigenvalue weighted by Gasteiger charge is -2.30. The maximum absolute atomic E-state index is 15.6. The molecule has 0 spiro atoms. The van der Waals surface area contributed by atoms with Crippen LogP contribution in [0, 0.1) is 23.4 Å². The van der Waals surface area contributed by atoms with Gasteiger partial charge in [-0.2, -0.15) is 4.39 Å². The molecule has 5 rings (SSSR count). The van der Waals surface area contributed by atoms with Crippen molar-refractivity contribution in [2.75, 3.05) is 0 Å². The zero-order chi connectivity index (χ0) is 24.5. The summed E-state index contributed by atoms with van der Waals surface area (Å²) >= 11 is 0. The van der Waals surface area contributed by atoms with Gasteiger partial charge in [-0.1, -0.05) is 69.5 Å². The van der Waals surface area contributed by atoms with Crippen molar-refractivity contribution in [1.29, 1.82) is 0 Å². The Hall–Kier alpha value is -2.75. The molecule has 3 aromatic rings. The maximum Gasteiger partial charge on any atom is 0.202 e. The Kier molecular flexibility index (Phi) is 6.91. The number of aryl methyl sites for hydroxylation is 1. The molecule has 3 aromatic carbocycles. The lowest BCUT2D eigenvalue weighted by molar-refractivity contribution is 0.302. The molecule has 1 aliphatic heterocycles. The number of fused-ring (bicyclic) bond motifs is 2. The molecule has 0 saturated heterocycles. The standard InChI is InChI=1S/C31H33F3O/c1-3-5-19-7-11-21(12-8-19)25-16-15-23-17-24-18-26(22-13-9-20(6-4-2)10-14-22)27(32)29(34)31(24)35-30(23)28(25)33/h9-10,13-16,18-19,21H,3-8,11-12,17H2,1-2H3. The lowest BCUT2D eigenvalue weighted by atomic mass is 9.77. The van der Waals surface area contributed by atoms with Gasteiger partial charge in [-0.05, 0) is 66.7 Å². The second kappa shape index (κ2) is 10.1. The first kappa shape index (κ1) is 24.0. The van der Waals surface area contributed by atoms with Crippen LogP contribution in [0.2, 0.25) is 0 Å². The first-order valence-electron chi connectivity index (χ1n) is 13.1. The fraction of sp³-hybridized carbons (Fsp3) is 0.419. The van der Waals surface area contributed by atoms with E-state index in [2.05, 4.69) is 13.8 Å². The number of hydrogen-bond acceptors (Lipinski definition) is 1. The van der Waals surface area contributed by atoms with Crippen molar-refractivity contribution in [2.24, 2.45) is 5.92 Å². The van der Waals surface area contributed by atoms with E-state index >= 15 is 13.2 Å². The van der Waals surface area contributed by atoms with Crippen molar-refractivity contribution < 1.29 is 17.9 Å². The molecule has 1 fully saturated rings. The van der Waals surface area contributed by atoms with Crippen LogP contribution in [0.1, 0.15) is 87.0 Å². The van der Waals surface area contributed by atoms with Gasteiger partial charge in [0.05, 0.1) is 0 Å². The van der Waals surface area contributed by atoms with Crippen LogP contribution in [0.25, 0.3) is 11.1 Å². The minimum absolute atomic E-state index is 0.0562. The van der Waals surface area contributed by atoms with Gasteiger partial charge in [0.2, 0.25) is 5.82 Å². The molecule has 0 amide bonds. The van der Waals surface area contributed by atoms with Crippen LogP contribution < -0.4 is 4.74 Å². The van der Waals surface area contributed by atoms with Gasteiger partial charge in [0.25, 0.3) is 0 Å². The summed E-state index contributed by atoms with van der Waals surface area (Å²) < 4.78 is 51.7. The third-order valence-corrected chi connectivity index (χ3v) is 7.82. The minimum Gasteiger partial charge on any atom is -0.450 e. The highest BCUT2D eigenvalue weighted by Crippen LogP contribution is 2.46. The molecule has 0 atom stereocenters. The van der Waals surface area contributed by atoms with Crippen molar-refractivity contribution in [2.45, 2.75) is 77.6 Å². The SMILES string of the molecule is CCCc1ccc(-c2cc3c(c(F)c2F)Oc2c(ccc(C4CCC(CCC)CC4)c2F)C3)cc1. The number of halogens is 3. The Labute approximate surface area is 206 Å². The van der Waals surface area contributed by atoms with Crippen molar-refractivity contribution in [1.82, 2.24) is 0 Å². The number of rotatable bonds is 6. The average Bonchev–Trinajstić information content (AvgIpc) is 2.87. The molecular formula is C31H33F3O. The molecular weight excluding hydrogens is 445 g/mol. The summed E-state index contributed by atoms with van der Waals surface area (Å²) in [7, 11) is 0. The molecule has 0 bridgehead atoms. The number of ether oxygens (including phenoxy) is 1. The van der Waals surface area contributed by atoms with Gasteiger partial charge in [-0.25, -0.2) is 8.78 Å². The highest BCUT2D eigenvalue weighted by molar-refractivity contribution is 5.69. The Bertz CT molecular complexity index is 1210. The van der Waals surface area contributed by atoms with Gasteiger partial charge in [0.15, 0.2) is 23.1 Å². The van der Waals surface area contributed by atoms with E-state index in [1.54, 1.807) is 6.07 Å². The monoisotopic (exact) mass is 478 g/mol. The Morgan fingerprint density at radius 3 is 2.17 bits per heavy atom. The Balaban J connectivity index is 1.43. The van der Waals surface area contributed by atoms with Crippen molar-refractivity contribution >= 4 is 0 Å². The van der Waals surface area contributed by atoms with Gasteiger partial charge in [-0.3, -0.25) is 0 Å². The largest absolute Gasteiger partial charge is 0.450 e. The number of benzene rings is 3. The maximum atomic E-state index is 15.6. The highest BCUT2D eigenvalue weighted by atomic mass is 19.2. The lowest BCUT2D eigenvalue weighted by Crippen LogP contribution is -2.16. The first-order valence-corrected chi connectivity index (χ1v) is 13.1. The molecule has 1 heterocycles. The van der Waals surface area contributed by atoms with E-state index in [4.69, 9.17) is 4.74 Å². The quantitative estimate of drug-likeness (QED) is 0.268. The van der Waals surface area contributed by atoms with E-state index in [0.29, 0.717) is 28.7 Å². The predicted octanol–water partition coefficient (Wildman–Crippen LogP) is 9.49. The van der Waals surface area contributed by atoms with E-state index in [-0.39, 0.29) is 23.0 Å². The summed E-state index contributed by atoms with van der Waals surface area (Å²) in [6.45, 7) is 4.31. The van der Waals surface area contributed by atoms with Gasteiger partial charge in [0.1, 0.15) is 0 Å². The van der Waals surface area contributed by atoms with E-state index in [0.717, 1.165) is 50.0 Å². The molecule has 1 saturated carbocycles. The molecule has 1 aliphatic carbocycles. The third-order valence-electron chi connectivity index (χ3n) is 7.82. The summed E-state index contributed by atoms with van der Waals surface area (Å²) in [6.07, 6.45) is 8.83. The van der Waals surface area contributed by atoms with Crippen LogP contribution in [0.15, 0.2) is 42.5 Å². The molecule has 4 heteroatoms. The molecule has 0 aromatic heterocycles. The van der Waals surface area contributed by atoms with Crippen molar-refractivity contribution in [3.8, 4) is 22.6 Å². The highest BCUT2D eigenvalue weighted by Gasteiger charge is 2.31. The molecule has 0 unspecified atom stereocenters. The summed E-state index contributed by atoms with van der Waals surface area (Å²) in [5, 5.41) is 0. The summed E-state index contributed by atoms with van der Waals surface area (Å²) in [4.78, 5) is 0. The molecule has 2 aliphatic rings. The van der Waals surface area contributed by atoms with Gasteiger partial charge in [0, 0.05) is 23.1 Å². The van der Waals surface area contributed by atoms with E-state index in [1.807, 2.05) is 36.4 Å². The molecule has 1 nitrogen and oxygen atoms in total. The first-order chi connectivity index (χ1) is 17.0. The summed E-state index contributed by atoms with van der Waals surface area (Å²) in [5.41, 5.74) is 3.85. The Morgan fingerprint density at radius 1 is 0.771 bits per heavy atom. The van der Waals surface area contributed by atoms with Crippen LogP contribution in [0.3, 0.4) is 0 Å². The zero-order valence-electron chi connectivity index (χ0n) is 20.6. The average molecular weight is 479 g/mol. The van der Waals surface area contributed by atoms with Gasteiger partial charge >= 0.3 is 0 Å². The summed E-state index contributed by atoms with van der Waals surface area (Å²) in [6, 6.07) is 13.0. The number of hydrogen-bond donors (Lipinski definition) is 0. The van der Waals surface area contributed by atoms with Gasteiger partial charge in [-0.15, -0.1) is 0 Å². The second-order valence-electron chi connectivity index (χ2n) is 10.2. The Morgan fingerprint density at radius 2 is 1.49 bits per heavy atom. The molecule has 0 N–H and O–H groups in total. The van der Waals surface area contributed by atoms with Crippen molar-refractivity contribution in [3.05, 3.63) is 82.2 Å². The van der Waals surface area contributed by atoms with E-state index < -0.39 is 17.5 Å². The van der Waals surface area contributed by atoms with Crippen LogP contribution in [-0.4, -0.2) is 0 Å². The predicted molar refractivity (Wildman–Crippen MR) is 135 cm³/mol. The van der Waals surface area contributed by atoms with E-state index in [9.17, 15) is 0 Å². The minimum atomic E-state index is -1.05.